The third-order valence-electron chi connectivity index (χ3n) is 3.21. The number of hydrogen-bond acceptors (Lipinski definition) is 3. The minimum atomic E-state index is -3.21. The van der Waals surface area contributed by atoms with Crippen molar-refractivity contribution in [1.82, 2.24) is 13.9 Å². The first-order chi connectivity index (χ1) is 8.85. The van der Waals surface area contributed by atoms with E-state index in [1.807, 2.05) is 18.2 Å². The predicted octanol–water partition coefficient (Wildman–Crippen LogP) is 0.316. The molecule has 0 radical (unpaired) electrons. The van der Waals surface area contributed by atoms with Gasteiger partial charge in [-0.25, -0.2) is 17.9 Å². The molecule has 2 aromatic rings. The average Bonchev–Trinajstić information content (AvgIpc) is 2.62. The summed E-state index contributed by atoms with van der Waals surface area (Å²) in [5.74, 6) is 0.0546. The summed E-state index contributed by atoms with van der Waals surface area (Å²) in [4.78, 5) is 11.8. The maximum Gasteiger partial charge on any atom is 0.328 e. The van der Waals surface area contributed by atoms with Gasteiger partial charge in [-0.2, -0.15) is 0 Å². The quantitative estimate of drug-likeness (QED) is 0.878. The summed E-state index contributed by atoms with van der Waals surface area (Å²) in [7, 11) is 0.204. The highest BCUT2D eigenvalue weighted by Gasteiger charge is 2.10. The molecule has 0 aliphatic heterocycles. The number of rotatable bonds is 4. The van der Waals surface area contributed by atoms with Crippen LogP contribution in [0, 0.1) is 0 Å². The maximum atomic E-state index is 11.8. The molecule has 1 N–H and O–H groups in total. The van der Waals surface area contributed by atoms with Crippen molar-refractivity contribution in [2.75, 3.05) is 5.75 Å². The third-order valence-corrected chi connectivity index (χ3v) is 4.56. The van der Waals surface area contributed by atoms with Crippen LogP contribution in [0.15, 0.2) is 23.0 Å². The summed E-state index contributed by atoms with van der Waals surface area (Å²) in [6.45, 7) is 1.82. The zero-order chi connectivity index (χ0) is 14.2. The number of aromatic nitrogens is 2. The van der Waals surface area contributed by atoms with Crippen LogP contribution in [-0.2, 0) is 30.7 Å². The van der Waals surface area contributed by atoms with Gasteiger partial charge in [-0.05, 0) is 24.6 Å². The summed E-state index contributed by atoms with van der Waals surface area (Å²) in [5.41, 5.74) is 2.35. The van der Waals surface area contributed by atoms with Gasteiger partial charge in [-0.1, -0.05) is 6.07 Å². The van der Waals surface area contributed by atoms with Gasteiger partial charge in [0.1, 0.15) is 0 Å². The van der Waals surface area contributed by atoms with E-state index in [9.17, 15) is 13.2 Å². The second kappa shape index (κ2) is 4.82. The number of nitrogens with zero attached hydrogens (tertiary/aromatic N) is 2. The van der Waals surface area contributed by atoms with Crippen LogP contribution in [0.1, 0.15) is 12.5 Å². The summed E-state index contributed by atoms with van der Waals surface area (Å²) < 4.78 is 28.4. The molecule has 0 atom stereocenters. The number of imidazole rings is 1. The van der Waals surface area contributed by atoms with Crippen LogP contribution in [0.2, 0.25) is 0 Å². The van der Waals surface area contributed by atoms with E-state index in [4.69, 9.17) is 0 Å². The molecule has 19 heavy (non-hydrogen) atoms. The molecule has 6 nitrogen and oxygen atoms in total. The van der Waals surface area contributed by atoms with Crippen molar-refractivity contribution >= 4 is 21.1 Å². The van der Waals surface area contributed by atoms with Crippen molar-refractivity contribution in [3.63, 3.8) is 0 Å². The Morgan fingerprint density at radius 2 is 1.79 bits per heavy atom. The van der Waals surface area contributed by atoms with E-state index >= 15 is 0 Å². The Morgan fingerprint density at radius 1 is 1.16 bits per heavy atom. The first kappa shape index (κ1) is 13.8. The molecule has 0 aliphatic carbocycles. The van der Waals surface area contributed by atoms with Gasteiger partial charge in [0.05, 0.1) is 16.8 Å². The molecule has 0 fully saturated rings. The topological polar surface area (TPSA) is 73.1 Å². The molecule has 0 unspecified atom stereocenters. The lowest BCUT2D eigenvalue weighted by atomic mass is 10.2. The van der Waals surface area contributed by atoms with Gasteiger partial charge in [-0.15, -0.1) is 0 Å². The van der Waals surface area contributed by atoms with Crippen molar-refractivity contribution in [2.45, 2.75) is 13.5 Å². The van der Waals surface area contributed by atoms with Crippen LogP contribution in [0.3, 0.4) is 0 Å². The standard InChI is InChI=1S/C12H17N3O3S/c1-4-19(17,18)13-8-9-5-6-10-11(7-9)15(3)12(16)14(10)2/h5-7,13H,4,8H2,1-3H3. The predicted molar refractivity (Wildman–Crippen MR) is 74.5 cm³/mol. The van der Waals surface area contributed by atoms with Gasteiger partial charge < -0.3 is 0 Å². The van der Waals surface area contributed by atoms with Crippen LogP contribution in [-0.4, -0.2) is 23.3 Å². The molecule has 0 saturated heterocycles. The fourth-order valence-corrected chi connectivity index (χ4v) is 2.55. The smallest absolute Gasteiger partial charge is 0.295 e. The first-order valence-corrected chi connectivity index (χ1v) is 7.62. The first-order valence-electron chi connectivity index (χ1n) is 5.97. The van der Waals surface area contributed by atoms with E-state index in [0.29, 0.717) is 0 Å². The van der Waals surface area contributed by atoms with Gasteiger partial charge in [0.2, 0.25) is 10.0 Å². The molecule has 0 bridgehead atoms. The fraction of sp³-hybridized carbons (Fsp3) is 0.417. The van der Waals surface area contributed by atoms with Crippen LogP contribution in [0.4, 0.5) is 0 Å². The van der Waals surface area contributed by atoms with Crippen LogP contribution in [0.5, 0.6) is 0 Å². The fourth-order valence-electron chi connectivity index (χ4n) is 1.96. The highest BCUT2D eigenvalue weighted by atomic mass is 32.2. The molecule has 0 spiro atoms. The van der Waals surface area contributed by atoms with Crippen molar-refractivity contribution in [1.29, 1.82) is 0 Å². The average molecular weight is 283 g/mol. The number of sulfonamides is 1. The number of benzene rings is 1. The molecule has 1 aromatic carbocycles. The minimum Gasteiger partial charge on any atom is -0.295 e. The molecule has 0 amide bonds. The van der Waals surface area contributed by atoms with Gasteiger partial charge in [0, 0.05) is 20.6 Å². The Labute approximate surface area is 111 Å². The Morgan fingerprint density at radius 3 is 2.42 bits per heavy atom. The second-order valence-electron chi connectivity index (χ2n) is 4.45. The van der Waals surface area contributed by atoms with E-state index in [2.05, 4.69) is 4.72 Å². The van der Waals surface area contributed by atoms with E-state index in [1.54, 1.807) is 30.2 Å². The minimum absolute atomic E-state index is 0.0546. The third kappa shape index (κ3) is 2.57. The van der Waals surface area contributed by atoms with Gasteiger partial charge in [-0.3, -0.25) is 9.13 Å². The van der Waals surface area contributed by atoms with Crippen molar-refractivity contribution in [3.05, 3.63) is 34.2 Å². The van der Waals surface area contributed by atoms with Crippen LogP contribution < -0.4 is 10.4 Å². The molecular weight excluding hydrogens is 266 g/mol. The normalized spacial score (nSPS) is 12.2. The number of nitrogens with one attached hydrogen (secondary N) is 1. The molecule has 0 aliphatic rings. The Kier molecular flexibility index (Phi) is 3.51. The Bertz CT molecular complexity index is 771. The molecule has 1 heterocycles. The zero-order valence-corrected chi connectivity index (χ0v) is 12.0. The monoisotopic (exact) mass is 283 g/mol. The summed E-state index contributed by atoms with van der Waals surface area (Å²) in [6, 6.07) is 5.47. The van der Waals surface area contributed by atoms with Gasteiger partial charge in [0.25, 0.3) is 0 Å². The van der Waals surface area contributed by atoms with Gasteiger partial charge in [0.15, 0.2) is 0 Å². The highest BCUT2D eigenvalue weighted by molar-refractivity contribution is 7.89. The molecule has 0 saturated carbocycles. The SMILES string of the molecule is CCS(=O)(=O)NCc1ccc2c(c1)n(C)c(=O)n2C. The lowest BCUT2D eigenvalue weighted by Crippen LogP contribution is -2.24. The van der Waals surface area contributed by atoms with Crippen LogP contribution >= 0.6 is 0 Å². The number of hydrogen-bond donors (Lipinski definition) is 1. The van der Waals surface area contributed by atoms with Crippen LogP contribution in [0.25, 0.3) is 11.0 Å². The van der Waals surface area contributed by atoms with Crippen molar-refractivity contribution < 1.29 is 8.42 Å². The molecule has 2 rings (SSSR count). The van der Waals surface area contributed by atoms with E-state index in [-0.39, 0.29) is 18.0 Å². The maximum absolute atomic E-state index is 11.8. The Balaban J connectivity index is 2.38. The number of aryl methyl sites for hydroxylation is 2. The van der Waals surface area contributed by atoms with Crippen molar-refractivity contribution in [2.24, 2.45) is 14.1 Å². The summed E-state index contributed by atoms with van der Waals surface area (Å²) in [5, 5.41) is 0. The van der Waals surface area contributed by atoms with E-state index in [0.717, 1.165) is 16.6 Å². The van der Waals surface area contributed by atoms with E-state index in [1.165, 1.54) is 0 Å². The largest absolute Gasteiger partial charge is 0.328 e. The van der Waals surface area contributed by atoms with Gasteiger partial charge >= 0.3 is 5.69 Å². The lowest BCUT2D eigenvalue weighted by molar-refractivity contribution is 0.582. The molecule has 1 aromatic heterocycles. The van der Waals surface area contributed by atoms with E-state index < -0.39 is 10.0 Å². The Hall–Kier alpha value is -1.60. The van der Waals surface area contributed by atoms with Crippen molar-refractivity contribution in [3.8, 4) is 0 Å². The molecule has 104 valence electrons. The zero-order valence-electron chi connectivity index (χ0n) is 11.2. The summed E-state index contributed by atoms with van der Waals surface area (Å²) in [6.07, 6.45) is 0. The molecule has 7 heteroatoms. The second-order valence-corrected chi connectivity index (χ2v) is 6.54. The number of fused-ring (bicyclic) bond motifs is 1. The molecular formula is C12H17N3O3S. The lowest BCUT2D eigenvalue weighted by Gasteiger charge is -2.05. The summed E-state index contributed by atoms with van der Waals surface area (Å²) >= 11 is 0. The highest BCUT2D eigenvalue weighted by Crippen LogP contribution is 2.14.